The maximum Gasteiger partial charge on any atom is 0.0958 e. The fourth-order valence-electron chi connectivity index (χ4n) is 2.02. The summed E-state index contributed by atoms with van der Waals surface area (Å²) < 4.78 is 5.15. The minimum atomic E-state index is 0.726. The molecule has 1 aromatic carbocycles. The van der Waals surface area contributed by atoms with Gasteiger partial charge in [0.15, 0.2) is 0 Å². The molecule has 108 valence electrons. The fraction of sp³-hybridized carbons (Fsp3) is 0.438. The number of ether oxygens (including phenoxy) is 1. The highest BCUT2D eigenvalue weighted by Crippen LogP contribution is 2.28. The van der Waals surface area contributed by atoms with E-state index in [1.54, 1.807) is 18.4 Å². The second-order valence-electron chi connectivity index (χ2n) is 4.66. The topological polar surface area (TPSA) is 34.1 Å². The van der Waals surface area contributed by atoms with Crippen LogP contribution < -0.4 is 5.32 Å². The van der Waals surface area contributed by atoms with Crippen LogP contribution in [0.1, 0.15) is 23.2 Å². The van der Waals surface area contributed by atoms with Crippen LogP contribution >= 0.6 is 11.3 Å². The maximum atomic E-state index is 5.15. The van der Waals surface area contributed by atoms with Gasteiger partial charge in [0, 0.05) is 30.5 Å². The van der Waals surface area contributed by atoms with Gasteiger partial charge in [-0.25, -0.2) is 4.98 Å². The van der Waals surface area contributed by atoms with E-state index in [2.05, 4.69) is 36.5 Å². The molecule has 0 spiro atoms. The minimum absolute atomic E-state index is 0.726. The average Bonchev–Trinajstić information content (AvgIpc) is 2.89. The smallest absolute Gasteiger partial charge is 0.0958 e. The third kappa shape index (κ3) is 4.13. The zero-order chi connectivity index (χ0) is 14.2. The normalized spacial score (nSPS) is 10.9. The molecule has 2 aromatic rings. The van der Waals surface area contributed by atoms with Crippen LogP contribution in [0.3, 0.4) is 0 Å². The van der Waals surface area contributed by atoms with Crippen LogP contribution in [-0.2, 0) is 17.7 Å². The molecule has 1 aromatic heterocycles. The highest BCUT2D eigenvalue weighted by molar-refractivity contribution is 7.12. The van der Waals surface area contributed by atoms with Crippen molar-refractivity contribution in [2.45, 2.75) is 26.3 Å². The number of thiazole rings is 1. The first kappa shape index (κ1) is 15.2. The molecule has 1 N–H and O–H groups in total. The number of aromatic nitrogens is 1. The van der Waals surface area contributed by atoms with Gasteiger partial charge in [0.25, 0.3) is 0 Å². The second-order valence-corrected chi connectivity index (χ2v) is 5.83. The van der Waals surface area contributed by atoms with Gasteiger partial charge < -0.3 is 10.1 Å². The zero-order valence-corrected chi connectivity index (χ0v) is 13.0. The summed E-state index contributed by atoms with van der Waals surface area (Å²) in [6, 6.07) is 10.4. The minimum Gasteiger partial charge on any atom is -0.384 e. The SMILES string of the molecule is CCCNCc1sc(CCOC)nc1-c1ccccc1. The van der Waals surface area contributed by atoms with Crippen LogP contribution in [0.4, 0.5) is 0 Å². The van der Waals surface area contributed by atoms with E-state index in [4.69, 9.17) is 9.72 Å². The molecule has 0 unspecified atom stereocenters. The Kier molecular flexibility index (Phi) is 6.18. The van der Waals surface area contributed by atoms with E-state index in [0.29, 0.717) is 0 Å². The van der Waals surface area contributed by atoms with Crippen LogP contribution in [0.2, 0.25) is 0 Å². The first-order valence-corrected chi connectivity index (χ1v) is 7.90. The third-order valence-corrected chi connectivity index (χ3v) is 4.14. The van der Waals surface area contributed by atoms with E-state index < -0.39 is 0 Å². The Bertz CT molecular complexity index is 510. The van der Waals surface area contributed by atoms with Gasteiger partial charge in [-0.05, 0) is 13.0 Å². The summed E-state index contributed by atoms with van der Waals surface area (Å²) >= 11 is 1.79. The highest BCUT2D eigenvalue weighted by atomic mass is 32.1. The van der Waals surface area contributed by atoms with Gasteiger partial charge in [0.2, 0.25) is 0 Å². The molecule has 2 rings (SSSR count). The van der Waals surface area contributed by atoms with Crippen molar-refractivity contribution in [3.8, 4) is 11.3 Å². The maximum absolute atomic E-state index is 5.15. The molecule has 0 saturated heterocycles. The molecular weight excluding hydrogens is 268 g/mol. The molecule has 0 amide bonds. The molecule has 20 heavy (non-hydrogen) atoms. The van der Waals surface area contributed by atoms with Crippen LogP contribution in [0, 0.1) is 0 Å². The lowest BCUT2D eigenvalue weighted by Gasteiger charge is -2.03. The molecule has 3 nitrogen and oxygen atoms in total. The molecular formula is C16H22N2OS. The van der Waals surface area contributed by atoms with Crippen molar-refractivity contribution >= 4 is 11.3 Å². The third-order valence-electron chi connectivity index (χ3n) is 3.02. The monoisotopic (exact) mass is 290 g/mol. The van der Waals surface area contributed by atoms with Crippen LogP contribution in [-0.4, -0.2) is 25.2 Å². The van der Waals surface area contributed by atoms with Gasteiger partial charge in [-0.1, -0.05) is 37.3 Å². The largest absolute Gasteiger partial charge is 0.384 e. The number of nitrogens with one attached hydrogen (secondary N) is 1. The Hall–Kier alpha value is -1.23. The lowest BCUT2D eigenvalue weighted by atomic mass is 10.1. The van der Waals surface area contributed by atoms with Crippen molar-refractivity contribution in [2.75, 3.05) is 20.3 Å². The lowest BCUT2D eigenvalue weighted by Crippen LogP contribution is -2.13. The Morgan fingerprint density at radius 1 is 1.25 bits per heavy atom. The van der Waals surface area contributed by atoms with E-state index in [9.17, 15) is 0 Å². The number of hydrogen-bond acceptors (Lipinski definition) is 4. The van der Waals surface area contributed by atoms with Gasteiger partial charge in [-0.2, -0.15) is 0 Å². The second kappa shape index (κ2) is 8.15. The molecule has 1 heterocycles. The van der Waals surface area contributed by atoms with E-state index in [-0.39, 0.29) is 0 Å². The van der Waals surface area contributed by atoms with Crippen molar-refractivity contribution in [1.29, 1.82) is 0 Å². The zero-order valence-electron chi connectivity index (χ0n) is 12.2. The molecule has 0 aliphatic carbocycles. The summed E-state index contributed by atoms with van der Waals surface area (Å²) in [6.07, 6.45) is 2.03. The van der Waals surface area contributed by atoms with E-state index >= 15 is 0 Å². The Balaban J connectivity index is 2.20. The highest BCUT2D eigenvalue weighted by Gasteiger charge is 2.12. The average molecular weight is 290 g/mol. The molecule has 0 aliphatic heterocycles. The van der Waals surface area contributed by atoms with Gasteiger partial charge in [-0.3, -0.25) is 0 Å². The molecule has 0 radical (unpaired) electrons. The number of nitrogens with zero attached hydrogens (tertiary/aromatic N) is 1. The number of benzene rings is 1. The molecule has 0 aliphatic rings. The van der Waals surface area contributed by atoms with Gasteiger partial charge in [-0.15, -0.1) is 11.3 Å². The number of rotatable bonds is 8. The van der Waals surface area contributed by atoms with Crippen molar-refractivity contribution in [3.05, 3.63) is 40.2 Å². The van der Waals surface area contributed by atoms with Crippen molar-refractivity contribution < 1.29 is 4.74 Å². The van der Waals surface area contributed by atoms with Crippen LogP contribution in [0.25, 0.3) is 11.3 Å². The van der Waals surface area contributed by atoms with E-state index in [1.165, 1.54) is 10.4 Å². The molecule has 0 saturated carbocycles. The first-order chi connectivity index (χ1) is 9.85. The van der Waals surface area contributed by atoms with Crippen molar-refractivity contribution in [3.63, 3.8) is 0 Å². The van der Waals surface area contributed by atoms with Crippen molar-refractivity contribution in [1.82, 2.24) is 10.3 Å². The summed E-state index contributed by atoms with van der Waals surface area (Å²) in [7, 11) is 1.73. The van der Waals surface area contributed by atoms with Gasteiger partial charge in [0.05, 0.1) is 17.3 Å². The van der Waals surface area contributed by atoms with Crippen molar-refractivity contribution in [2.24, 2.45) is 0 Å². The molecule has 4 heteroatoms. The lowest BCUT2D eigenvalue weighted by molar-refractivity contribution is 0.202. The summed E-state index contributed by atoms with van der Waals surface area (Å²) in [4.78, 5) is 6.11. The number of methoxy groups -OCH3 is 1. The summed E-state index contributed by atoms with van der Waals surface area (Å²) in [5.74, 6) is 0. The standard InChI is InChI=1S/C16H22N2OS/c1-3-10-17-12-14-16(13-7-5-4-6-8-13)18-15(20-14)9-11-19-2/h4-8,17H,3,9-12H2,1-2H3. The first-order valence-electron chi connectivity index (χ1n) is 7.08. The molecule has 0 fully saturated rings. The quantitative estimate of drug-likeness (QED) is 0.756. The summed E-state index contributed by atoms with van der Waals surface area (Å²) in [5, 5.41) is 4.62. The predicted molar refractivity (Wildman–Crippen MR) is 85.1 cm³/mol. The summed E-state index contributed by atoms with van der Waals surface area (Å²) in [5.41, 5.74) is 2.31. The predicted octanol–water partition coefficient (Wildman–Crippen LogP) is 3.50. The molecule has 0 bridgehead atoms. The Morgan fingerprint density at radius 2 is 2.05 bits per heavy atom. The Morgan fingerprint density at radius 3 is 2.75 bits per heavy atom. The van der Waals surface area contributed by atoms with Crippen LogP contribution in [0.5, 0.6) is 0 Å². The van der Waals surface area contributed by atoms with Crippen LogP contribution in [0.15, 0.2) is 30.3 Å². The van der Waals surface area contributed by atoms with E-state index in [0.717, 1.165) is 43.2 Å². The van der Waals surface area contributed by atoms with Gasteiger partial charge >= 0.3 is 0 Å². The fourth-order valence-corrected chi connectivity index (χ4v) is 3.06. The summed E-state index contributed by atoms with van der Waals surface area (Å²) in [6.45, 7) is 4.84. The van der Waals surface area contributed by atoms with E-state index in [1.807, 2.05) is 6.07 Å². The number of hydrogen-bond donors (Lipinski definition) is 1. The molecule has 0 atom stereocenters. The van der Waals surface area contributed by atoms with Gasteiger partial charge in [0.1, 0.15) is 0 Å². The Labute approximate surface area is 125 Å².